The Hall–Kier alpha value is -2.91. The van der Waals surface area contributed by atoms with Gasteiger partial charge in [-0.3, -0.25) is 5.10 Å². The third kappa shape index (κ3) is 4.75. The number of carbonyl (C=O) groups is 1. The molecule has 3 rings (SSSR count). The van der Waals surface area contributed by atoms with E-state index in [-0.39, 0.29) is 5.02 Å². The van der Waals surface area contributed by atoms with Crippen LogP contribution < -0.4 is 15.4 Å². The first-order valence-corrected chi connectivity index (χ1v) is 8.76. The first-order valence-electron chi connectivity index (χ1n) is 8.01. The van der Waals surface area contributed by atoms with E-state index in [9.17, 15) is 18.0 Å². The van der Waals surface area contributed by atoms with Gasteiger partial charge in [0.15, 0.2) is 0 Å². The van der Waals surface area contributed by atoms with Crippen LogP contribution in [0.25, 0.3) is 11.3 Å². The summed E-state index contributed by atoms with van der Waals surface area (Å²) in [6.07, 6.45) is -3.28. The first kappa shape index (κ1) is 20.8. The number of benzene rings is 2. The van der Waals surface area contributed by atoms with Crippen LogP contribution in [0.2, 0.25) is 10.0 Å². The largest absolute Gasteiger partial charge is 0.496 e. The van der Waals surface area contributed by atoms with Crippen molar-refractivity contribution < 1.29 is 22.7 Å². The molecule has 0 saturated heterocycles. The van der Waals surface area contributed by atoms with E-state index in [1.807, 2.05) is 0 Å². The van der Waals surface area contributed by atoms with E-state index >= 15 is 0 Å². The molecule has 0 fully saturated rings. The van der Waals surface area contributed by atoms with Gasteiger partial charge in [0.1, 0.15) is 5.75 Å². The number of hydrogen-bond donors (Lipinski definition) is 3. The number of amides is 2. The SMILES string of the molecule is COc1ccc(NC(=O)Nc2ccc(Cl)cc2C(F)(F)F)cc1-c1[nH]ncc1Cl. The van der Waals surface area contributed by atoms with Gasteiger partial charge in [0.25, 0.3) is 0 Å². The molecule has 0 aliphatic heterocycles. The van der Waals surface area contributed by atoms with Crippen molar-refractivity contribution in [2.45, 2.75) is 6.18 Å². The number of urea groups is 1. The predicted molar refractivity (Wildman–Crippen MR) is 105 cm³/mol. The summed E-state index contributed by atoms with van der Waals surface area (Å²) in [5.41, 5.74) is -0.212. The zero-order chi connectivity index (χ0) is 21.2. The molecule has 3 N–H and O–H groups in total. The van der Waals surface area contributed by atoms with Crippen LogP contribution in [0.1, 0.15) is 5.56 Å². The summed E-state index contributed by atoms with van der Waals surface area (Å²) in [5, 5.41) is 11.4. The highest BCUT2D eigenvalue weighted by molar-refractivity contribution is 6.33. The highest BCUT2D eigenvalue weighted by atomic mass is 35.5. The molecule has 2 aromatic carbocycles. The molecule has 1 heterocycles. The van der Waals surface area contributed by atoms with E-state index in [4.69, 9.17) is 27.9 Å². The molecule has 6 nitrogen and oxygen atoms in total. The van der Waals surface area contributed by atoms with Gasteiger partial charge in [0, 0.05) is 16.3 Å². The molecule has 152 valence electrons. The smallest absolute Gasteiger partial charge is 0.418 e. The number of aromatic amines is 1. The van der Waals surface area contributed by atoms with Crippen LogP contribution in [-0.2, 0) is 6.18 Å². The lowest BCUT2D eigenvalue weighted by Crippen LogP contribution is -2.22. The van der Waals surface area contributed by atoms with Gasteiger partial charge in [-0.2, -0.15) is 18.3 Å². The second-order valence-electron chi connectivity index (χ2n) is 5.77. The summed E-state index contributed by atoms with van der Waals surface area (Å²) in [4.78, 5) is 12.3. The molecule has 0 radical (unpaired) electrons. The molecular weight excluding hydrogens is 432 g/mol. The van der Waals surface area contributed by atoms with Crippen molar-refractivity contribution in [3.05, 3.63) is 58.2 Å². The lowest BCUT2D eigenvalue weighted by atomic mass is 10.1. The maximum atomic E-state index is 13.2. The number of nitrogens with one attached hydrogen (secondary N) is 3. The summed E-state index contributed by atoms with van der Waals surface area (Å²) < 4.78 is 44.8. The van der Waals surface area contributed by atoms with Crippen molar-refractivity contribution in [3.63, 3.8) is 0 Å². The van der Waals surface area contributed by atoms with Gasteiger partial charge in [-0.25, -0.2) is 4.79 Å². The van der Waals surface area contributed by atoms with Gasteiger partial charge < -0.3 is 15.4 Å². The third-order valence-corrected chi connectivity index (χ3v) is 4.38. The molecule has 2 amide bonds. The second-order valence-corrected chi connectivity index (χ2v) is 6.62. The predicted octanol–water partition coefficient (Wildman–Crippen LogP) is 6.05. The van der Waals surface area contributed by atoms with Gasteiger partial charge in [0.05, 0.1) is 35.3 Å². The average molecular weight is 445 g/mol. The standard InChI is InChI=1S/C18H13Cl2F3N4O2/c1-29-15-5-3-10(7-11(15)16-13(20)8-24-27-16)25-17(28)26-14-4-2-9(19)6-12(14)18(21,22)23/h2-8H,1H3,(H,24,27)(H2,25,26,28). The molecule has 29 heavy (non-hydrogen) atoms. The Morgan fingerprint density at radius 1 is 1.14 bits per heavy atom. The maximum absolute atomic E-state index is 13.2. The summed E-state index contributed by atoms with van der Waals surface area (Å²) in [7, 11) is 1.46. The fourth-order valence-corrected chi connectivity index (χ4v) is 2.95. The molecule has 1 aromatic heterocycles. The van der Waals surface area contributed by atoms with Crippen molar-refractivity contribution >= 4 is 40.6 Å². The molecular formula is C18H13Cl2F3N4O2. The molecule has 3 aromatic rings. The number of carbonyl (C=O) groups excluding carboxylic acids is 1. The minimum atomic E-state index is -4.68. The molecule has 0 unspecified atom stereocenters. The van der Waals surface area contributed by atoms with Crippen LogP contribution in [0.4, 0.5) is 29.3 Å². The summed E-state index contributed by atoms with van der Waals surface area (Å²) in [6, 6.07) is 6.84. The highest BCUT2D eigenvalue weighted by Crippen LogP contribution is 2.37. The number of anilines is 2. The number of aromatic nitrogens is 2. The minimum Gasteiger partial charge on any atom is -0.496 e. The lowest BCUT2D eigenvalue weighted by molar-refractivity contribution is -0.136. The maximum Gasteiger partial charge on any atom is 0.418 e. The molecule has 0 bridgehead atoms. The topological polar surface area (TPSA) is 79.0 Å². The molecule has 0 aliphatic carbocycles. The van der Waals surface area contributed by atoms with Crippen LogP contribution in [-0.4, -0.2) is 23.3 Å². The van der Waals surface area contributed by atoms with Gasteiger partial charge >= 0.3 is 12.2 Å². The third-order valence-electron chi connectivity index (χ3n) is 3.85. The lowest BCUT2D eigenvalue weighted by Gasteiger charge is -2.15. The quantitative estimate of drug-likeness (QED) is 0.457. The van der Waals surface area contributed by atoms with E-state index in [2.05, 4.69) is 20.8 Å². The van der Waals surface area contributed by atoms with Crippen LogP contribution in [0.5, 0.6) is 5.75 Å². The Kier molecular flexibility index (Phi) is 5.90. The normalized spacial score (nSPS) is 11.2. The summed E-state index contributed by atoms with van der Waals surface area (Å²) in [6.45, 7) is 0. The van der Waals surface area contributed by atoms with Gasteiger partial charge in [-0.05, 0) is 36.4 Å². The Bertz CT molecular complexity index is 1050. The zero-order valence-electron chi connectivity index (χ0n) is 14.7. The second kappa shape index (κ2) is 8.22. The number of ether oxygens (including phenoxy) is 1. The number of alkyl halides is 3. The average Bonchev–Trinajstić information content (AvgIpc) is 3.08. The minimum absolute atomic E-state index is 0.0977. The zero-order valence-corrected chi connectivity index (χ0v) is 16.2. The van der Waals surface area contributed by atoms with Crippen LogP contribution in [0.3, 0.4) is 0 Å². The molecule has 0 aliphatic rings. The van der Waals surface area contributed by atoms with Crippen molar-refractivity contribution in [3.8, 4) is 17.0 Å². The Labute approximate surface area is 173 Å². The molecule has 0 spiro atoms. The van der Waals surface area contributed by atoms with E-state index in [1.165, 1.54) is 25.4 Å². The van der Waals surface area contributed by atoms with Crippen molar-refractivity contribution in [2.75, 3.05) is 17.7 Å². The Morgan fingerprint density at radius 2 is 1.90 bits per heavy atom. The van der Waals surface area contributed by atoms with E-state index < -0.39 is 23.5 Å². The van der Waals surface area contributed by atoms with E-state index in [0.717, 1.165) is 12.1 Å². The molecule has 0 atom stereocenters. The Balaban J connectivity index is 1.85. The van der Waals surface area contributed by atoms with Crippen molar-refractivity contribution in [1.82, 2.24) is 10.2 Å². The number of nitrogens with zero attached hydrogens (tertiary/aromatic N) is 1. The fraction of sp³-hybridized carbons (Fsp3) is 0.111. The fourth-order valence-electron chi connectivity index (χ4n) is 2.59. The van der Waals surface area contributed by atoms with Crippen LogP contribution >= 0.6 is 23.2 Å². The Morgan fingerprint density at radius 3 is 2.52 bits per heavy atom. The summed E-state index contributed by atoms with van der Waals surface area (Å²) >= 11 is 11.7. The number of H-pyrrole nitrogens is 1. The first-order chi connectivity index (χ1) is 13.7. The highest BCUT2D eigenvalue weighted by Gasteiger charge is 2.34. The van der Waals surface area contributed by atoms with Gasteiger partial charge in [0.2, 0.25) is 0 Å². The monoisotopic (exact) mass is 444 g/mol. The number of hydrogen-bond acceptors (Lipinski definition) is 3. The molecule has 0 saturated carbocycles. The molecule has 11 heteroatoms. The number of methoxy groups -OCH3 is 1. The van der Waals surface area contributed by atoms with E-state index in [1.54, 1.807) is 12.1 Å². The van der Waals surface area contributed by atoms with Crippen LogP contribution in [0.15, 0.2) is 42.6 Å². The number of rotatable bonds is 4. The van der Waals surface area contributed by atoms with Crippen molar-refractivity contribution in [1.29, 1.82) is 0 Å². The van der Waals surface area contributed by atoms with Crippen LogP contribution in [0, 0.1) is 0 Å². The van der Waals surface area contributed by atoms with Crippen molar-refractivity contribution in [2.24, 2.45) is 0 Å². The van der Waals surface area contributed by atoms with Gasteiger partial charge in [-0.1, -0.05) is 23.2 Å². The van der Waals surface area contributed by atoms with E-state index in [0.29, 0.717) is 27.7 Å². The number of halogens is 5. The summed E-state index contributed by atoms with van der Waals surface area (Å²) in [5.74, 6) is 0.458. The van der Waals surface area contributed by atoms with Gasteiger partial charge in [-0.15, -0.1) is 0 Å².